The molecule has 0 radical (unpaired) electrons. The minimum absolute atomic E-state index is 0.0601. The summed E-state index contributed by atoms with van der Waals surface area (Å²) in [7, 11) is 0. The smallest absolute Gasteiger partial charge is 0.231 e. The largest absolute Gasteiger partial charge is 0.312 e. The summed E-state index contributed by atoms with van der Waals surface area (Å²) in [4.78, 5) is 31.0. The molecule has 0 aliphatic carbocycles. The Bertz CT molecular complexity index is 1010. The lowest BCUT2D eigenvalue weighted by Gasteiger charge is -2.16. The van der Waals surface area contributed by atoms with Crippen LogP contribution in [0.15, 0.2) is 53.9 Å². The topological polar surface area (TPSA) is 62.3 Å². The van der Waals surface area contributed by atoms with E-state index in [-0.39, 0.29) is 24.1 Å². The summed E-state index contributed by atoms with van der Waals surface area (Å²) in [5, 5.41) is 5.07. The number of hydrogen-bond acceptors (Lipinski definition) is 4. The molecule has 1 saturated heterocycles. The average Bonchev–Trinajstić information content (AvgIpc) is 3.30. The Kier molecular flexibility index (Phi) is 4.92. The third-order valence-electron chi connectivity index (χ3n) is 4.72. The van der Waals surface area contributed by atoms with Crippen LogP contribution in [-0.4, -0.2) is 23.3 Å². The van der Waals surface area contributed by atoms with E-state index in [1.807, 2.05) is 31.2 Å². The van der Waals surface area contributed by atoms with Crippen LogP contribution < -0.4 is 10.2 Å². The van der Waals surface area contributed by atoms with Crippen molar-refractivity contribution in [1.29, 1.82) is 0 Å². The van der Waals surface area contributed by atoms with Gasteiger partial charge >= 0.3 is 0 Å². The van der Waals surface area contributed by atoms with Gasteiger partial charge < -0.3 is 10.2 Å². The van der Waals surface area contributed by atoms with Crippen LogP contribution in [-0.2, 0) is 9.59 Å². The molecule has 1 aliphatic heterocycles. The zero-order valence-corrected chi connectivity index (χ0v) is 16.0. The number of nitrogens with one attached hydrogen (secondary N) is 1. The summed E-state index contributed by atoms with van der Waals surface area (Å²) in [6.07, 6.45) is 0.176. The van der Waals surface area contributed by atoms with Crippen LogP contribution in [0, 0.1) is 18.7 Å². The van der Waals surface area contributed by atoms with Gasteiger partial charge in [0.1, 0.15) is 5.82 Å². The molecule has 0 saturated carbocycles. The minimum Gasteiger partial charge on any atom is -0.312 e. The van der Waals surface area contributed by atoms with Gasteiger partial charge in [0, 0.05) is 29.6 Å². The SMILES string of the molecule is Cc1ccc(N2C[C@H](C(=O)Nc3nc(-c4ccc(F)cc4)cs3)CC2=O)cc1. The fourth-order valence-corrected chi connectivity index (χ4v) is 3.87. The number of halogens is 1. The second kappa shape index (κ2) is 7.52. The Morgan fingerprint density at radius 1 is 1.18 bits per heavy atom. The van der Waals surface area contributed by atoms with Gasteiger partial charge in [-0.3, -0.25) is 9.59 Å². The summed E-state index contributed by atoms with van der Waals surface area (Å²) in [5.74, 6) is -1.01. The second-order valence-electron chi connectivity index (χ2n) is 6.77. The number of carbonyl (C=O) groups excluding carboxylic acids is 2. The van der Waals surface area contributed by atoms with Crippen molar-refractivity contribution in [2.75, 3.05) is 16.8 Å². The summed E-state index contributed by atoms with van der Waals surface area (Å²) in [5.41, 5.74) is 3.37. The molecule has 2 amide bonds. The molecular weight excluding hydrogens is 377 g/mol. The summed E-state index contributed by atoms with van der Waals surface area (Å²) in [6.45, 7) is 2.34. The maximum Gasteiger partial charge on any atom is 0.231 e. The van der Waals surface area contributed by atoms with Gasteiger partial charge in [0.05, 0.1) is 11.6 Å². The highest BCUT2D eigenvalue weighted by Gasteiger charge is 2.35. The number of hydrogen-bond donors (Lipinski definition) is 1. The molecule has 0 unspecified atom stereocenters. The van der Waals surface area contributed by atoms with Gasteiger partial charge in [-0.15, -0.1) is 11.3 Å². The van der Waals surface area contributed by atoms with Crippen LogP contribution in [0.4, 0.5) is 15.2 Å². The predicted octanol–water partition coefficient (Wildman–Crippen LogP) is 4.25. The molecular formula is C21H18FN3O2S. The van der Waals surface area contributed by atoms with Gasteiger partial charge in [-0.1, -0.05) is 17.7 Å². The van der Waals surface area contributed by atoms with Gasteiger partial charge in [0.25, 0.3) is 0 Å². The lowest BCUT2D eigenvalue weighted by atomic mass is 10.1. The van der Waals surface area contributed by atoms with E-state index in [1.54, 1.807) is 22.4 Å². The lowest BCUT2D eigenvalue weighted by Crippen LogP contribution is -2.28. The first kappa shape index (κ1) is 18.3. The van der Waals surface area contributed by atoms with E-state index in [2.05, 4.69) is 10.3 Å². The normalized spacial score (nSPS) is 16.4. The lowest BCUT2D eigenvalue weighted by molar-refractivity contribution is -0.122. The summed E-state index contributed by atoms with van der Waals surface area (Å²) < 4.78 is 13.1. The monoisotopic (exact) mass is 395 g/mol. The second-order valence-corrected chi connectivity index (χ2v) is 7.63. The summed E-state index contributed by atoms with van der Waals surface area (Å²) in [6, 6.07) is 13.7. The van der Waals surface area contributed by atoms with Crippen molar-refractivity contribution < 1.29 is 14.0 Å². The number of thiazole rings is 1. The van der Waals surface area contributed by atoms with E-state index < -0.39 is 5.92 Å². The third kappa shape index (κ3) is 3.80. The maximum atomic E-state index is 13.1. The third-order valence-corrected chi connectivity index (χ3v) is 5.47. The molecule has 2 aromatic carbocycles. The van der Waals surface area contributed by atoms with Crippen molar-refractivity contribution in [3.63, 3.8) is 0 Å². The standard InChI is InChI=1S/C21H18FN3O2S/c1-13-2-8-17(9-3-13)25-11-15(10-19(25)26)20(27)24-21-23-18(12-28-21)14-4-6-16(22)7-5-14/h2-9,12,15H,10-11H2,1H3,(H,23,24,27)/t15-/m1/s1. The molecule has 1 fully saturated rings. The molecule has 3 aromatic rings. The Morgan fingerprint density at radius 3 is 2.61 bits per heavy atom. The van der Waals surface area contributed by atoms with Crippen molar-refractivity contribution in [3.8, 4) is 11.3 Å². The van der Waals surface area contributed by atoms with Crippen LogP contribution in [0.5, 0.6) is 0 Å². The fraction of sp³-hybridized carbons (Fsp3) is 0.190. The van der Waals surface area contributed by atoms with E-state index in [1.165, 1.54) is 23.5 Å². The number of aromatic nitrogens is 1. The summed E-state index contributed by atoms with van der Waals surface area (Å²) >= 11 is 1.30. The predicted molar refractivity (Wildman–Crippen MR) is 108 cm³/mol. The molecule has 0 bridgehead atoms. The van der Waals surface area contributed by atoms with Crippen LogP contribution >= 0.6 is 11.3 Å². The zero-order chi connectivity index (χ0) is 19.7. The highest BCUT2D eigenvalue weighted by molar-refractivity contribution is 7.14. The molecule has 5 nitrogen and oxygen atoms in total. The molecule has 1 aliphatic rings. The first-order valence-corrected chi connectivity index (χ1v) is 9.77. The molecule has 28 heavy (non-hydrogen) atoms. The minimum atomic E-state index is -0.424. The number of aryl methyl sites for hydroxylation is 1. The number of carbonyl (C=O) groups is 2. The number of amides is 2. The molecule has 7 heteroatoms. The average molecular weight is 395 g/mol. The van der Waals surface area contributed by atoms with Crippen molar-refractivity contribution in [2.24, 2.45) is 5.92 Å². The highest BCUT2D eigenvalue weighted by Crippen LogP contribution is 2.28. The van der Waals surface area contributed by atoms with Crippen molar-refractivity contribution >= 4 is 34.0 Å². The van der Waals surface area contributed by atoms with Crippen LogP contribution in [0.1, 0.15) is 12.0 Å². The molecule has 0 spiro atoms. The quantitative estimate of drug-likeness (QED) is 0.718. The van der Waals surface area contributed by atoms with E-state index >= 15 is 0 Å². The van der Waals surface area contributed by atoms with Crippen LogP contribution in [0.2, 0.25) is 0 Å². The van der Waals surface area contributed by atoms with Crippen molar-refractivity contribution in [2.45, 2.75) is 13.3 Å². The van der Waals surface area contributed by atoms with E-state index in [0.717, 1.165) is 16.8 Å². The molecule has 1 N–H and O–H groups in total. The zero-order valence-electron chi connectivity index (χ0n) is 15.2. The van der Waals surface area contributed by atoms with E-state index in [4.69, 9.17) is 0 Å². The number of benzene rings is 2. The fourth-order valence-electron chi connectivity index (χ4n) is 3.15. The highest BCUT2D eigenvalue weighted by atomic mass is 32.1. The number of anilines is 2. The van der Waals surface area contributed by atoms with Gasteiger partial charge in [-0.25, -0.2) is 9.37 Å². The molecule has 1 atom stereocenters. The van der Waals surface area contributed by atoms with Crippen LogP contribution in [0.3, 0.4) is 0 Å². The Balaban J connectivity index is 1.42. The van der Waals surface area contributed by atoms with E-state index in [0.29, 0.717) is 17.4 Å². The Labute approximate surface area is 165 Å². The molecule has 4 rings (SSSR count). The number of nitrogens with zero attached hydrogens (tertiary/aromatic N) is 2. The van der Waals surface area contributed by atoms with Gasteiger partial charge in [-0.05, 0) is 43.3 Å². The maximum absolute atomic E-state index is 13.1. The molecule has 1 aromatic heterocycles. The first-order chi connectivity index (χ1) is 13.5. The van der Waals surface area contributed by atoms with Gasteiger partial charge in [0.15, 0.2) is 5.13 Å². The molecule has 142 valence electrons. The van der Waals surface area contributed by atoms with Crippen molar-refractivity contribution in [3.05, 3.63) is 65.3 Å². The van der Waals surface area contributed by atoms with Gasteiger partial charge in [0.2, 0.25) is 11.8 Å². The van der Waals surface area contributed by atoms with Crippen LogP contribution in [0.25, 0.3) is 11.3 Å². The van der Waals surface area contributed by atoms with Crippen molar-refractivity contribution in [1.82, 2.24) is 4.98 Å². The number of rotatable bonds is 4. The van der Waals surface area contributed by atoms with E-state index in [9.17, 15) is 14.0 Å². The van der Waals surface area contributed by atoms with Gasteiger partial charge in [-0.2, -0.15) is 0 Å². The Morgan fingerprint density at radius 2 is 1.89 bits per heavy atom. The molecule has 2 heterocycles. The Hall–Kier alpha value is -3.06. The first-order valence-electron chi connectivity index (χ1n) is 8.89.